The number of benzene rings is 1. The highest BCUT2D eigenvalue weighted by Gasteiger charge is 2.24. The molecular weight excluding hydrogens is 332 g/mol. The Balaban J connectivity index is 1.86. The Hall–Kier alpha value is -3.29. The molecule has 0 fully saturated rings. The molecule has 1 atom stereocenters. The number of carbonyl (C=O) groups excluding carboxylic acids is 1. The summed E-state index contributed by atoms with van der Waals surface area (Å²) < 4.78 is 1.66. The minimum Gasteiger partial charge on any atom is -0.335 e. The molecule has 3 rings (SSSR count). The number of rotatable bonds is 4. The van der Waals surface area contributed by atoms with E-state index < -0.39 is 5.56 Å². The number of H-pyrrole nitrogens is 1. The monoisotopic (exact) mass is 352 g/mol. The van der Waals surface area contributed by atoms with Gasteiger partial charge in [-0.2, -0.15) is 10.2 Å². The molecular formula is C18H20N6O2. The van der Waals surface area contributed by atoms with Gasteiger partial charge in [-0.25, -0.2) is 14.8 Å². The predicted molar refractivity (Wildman–Crippen MR) is 96.2 cm³/mol. The smallest absolute Gasteiger partial charge is 0.277 e. The van der Waals surface area contributed by atoms with Crippen molar-refractivity contribution in [2.24, 2.45) is 0 Å². The average Bonchev–Trinajstić information content (AvgIpc) is 3.18. The molecule has 0 radical (unpaired) electrons. The lowest BCUT2D eigenvalue weighted by Crippen LogP contribution is -2.35. The summed E-state index contributed by atoms with van der Waals surface area (Å²) in [5.74, 6) is -0.331. The number of aromatic nitrogens is 5. The zero-order valence-electron chi connectivity index (χ0n) is 15.1. The van der Waals surface area contributed by atoms with E-state index in [0.717, 1.165) is 11.3 Å². The number of hydrogen-bond donors (Lipinski definition) is 1. The van der Waals surface area contributed by atoms with Gasteiger partial charge in [-0.15, -0.1) is 0 Å². The van der Waals surface area contributed by atoms with Gasteiger partial charge in [0, 0.05) is 7.05 Å². The summed E-state index contributed by atoms with van der Waals surface area (Å²) >= 11 is 0. The Morgan fingerprint density at radius 3 is 2.54 bits per heavy atom. The van der Waals surface area contributed by atoms with E-state index in [9.17, 15) is 9.59 Å². The first-order chi connectivity index (χ1) is 12.4. The molecule has 1 aromatic carbocycles. The van der Waals surface area contributed by atoms with Crippen LogP contribution in [0.1, 0.15) is 40.1 Å². The van der Waals surface area contributed by atoms with Crippen LogP contribution in [0.15, 0.2) is 41.7 Å². The normalized spacial score (nSPS) is 12.0. The molecule has 0 aliphatic heterocycles. The van der Waals surface area contributed by atoms with Crippen molar-refractivity contribution < 1.29 is 4.79 Å². The zero-order valence-corrected chi connectivity index (χ0v) is 15.1. The lowest BCUT2D eigenvalue weighted by atomic mass is 10.0. The molecule has 8 nitrogen and oxygen atoms in total. The standard InChI is InChI=1S/C18H20N6O2/c1-11-12(2)21-22-17(25)16(11)18(26)23(4)13(3)14-5-7-15(8-6-14)24-10-19-9-20-24/h5-10,13H,1-4H3,(H,22,25). The van der Waals surface area contributed by atoms with Crippen LogP contribution in [0.5, 0.6) is 0 Å². The van der Waals surface area contributed by atoms with Gasteiger partial charge < -0.3 is 4.90 Å². The summed E-state index contributed by atoms with van der Waals surface area (Å²) in [5, 5.41) is 10.4. The van der Waals surface area contributed by atoms with Crippen LogP contribution in [-0.2, 0) is 0 Å². The van der Waals surface area contributed by atoms with Crippen LogP contribution >= 0.6 is 0 Å². The molecule has 0 aliphatic rings. The highest BCUT2D eigenvalue weighted by atomic mass is 16.2. The highest BCUT2D eigenvalue weighted by Crippen LogP contribution is 2.22. The maximum Gasteiger partial charge on any atom is 0.277 e. The van der Waals surface area contributed by atoms with Crippen molar-refractivity contribution >= 4 is 5.91 Å². The number of amides is 1. The van der Waals surface area contributed by atoms with E-state index in [1.165, 1.54) is 6.33 Å². The van der Waals surface area contributed by atoms with Crippen molar-refractivity contribution in [1.82, 2.24) is 29.9 Å². The molecule has 0 saturated carbocycles. The van der Waals surface area contributed by atoms with Crippen LogP contribution in [0.4, 0.5) is 0 Å². The Kier molecular flexibility index (Phi) is 4.66. The molecule has 1 unspecified atom stereocenters. The zero-order chi connectivity index (χ0) is 18.8. The van der Waals surface area contributed by atoms with Crippen molar-refractivity contribution in [2.45, 2.75) is 26.8 Å². The van der Waals surface area contributed by atoms with Gasteiger partial charge >= 0.3 is 0 Å². The Morgan fingerprint density at radius 2 is 1.92 bits per heavy atom. The van der Waals surface area contributed by atoms with E-state index in [1.807, 2.05) is 31.2 Å². The molecule has 0 aliphatic carbocycles. The predicted octanol–water partition coefficient (Wildman–Crippen LogP) is 1.80. The summed E-state index contributed by atoms with van der Waals surface area (Å²) in [6.07, 6.45) is 3.09. The number of nitrogens with zero attached hydrogens (tertiary/aromatic N) is 5. The van der Waals surface area contributed by atoms with Crippen LogP contribution in [0.3, 0.4) is 0 Å². The Labute approximate surface area is 150 Å². The first-order valence-corrected chi connectivity index (χ1v) is 8.18. The van der Waals surface area contributed by atoms with Gasteiger partial charge in [0.2, 0.25) is 0 Å². The lowest BCUT2D eigenvalue weighted by molar-refractivity contribution is 0.0739. The summed E-state index contributed by atoms with van der Waals surface area (Å²) in [6, 6.07) is 7.47. The maximum absolute atomic E-state index is 12.9. The van der Waals surface area contributed by atoms with E-state index in [-0.39, 0.29) is 17.5 Å². The number of carbonyl (C=O) groups is 1. The largest absolute Gasteiger partial charge is 0.335 e. The SMILES string of the molecule is Cc1n[nH]c(=O)c(C(=O)N(C)C(C)c2ccc(-n3cncn3)cc2)c1C. The molecule has 134 valence electrons. The summed E-state index contributed by atoms with van der Waals surface area (Å²) in [4.78, 5) is 30.4. The van der Waals surface area contributed by atoms with Crippen molar-refractivity contribution in [3.8, 4) is 5.69 Å². The van der Waals surface area contributed by atoms with Gasteiger partial charge in [0.1, 0.15) is 18.2 Å². The molecule has 1 amide bonds. The third kappa shape index (κ3) is 3.13. The van der Waals surface area contributed by atoms with Crippen LogP contribution in [0.2, 0.25) is 0 Å². The van der Waals surface area contributed by atoms with E-state index in [2.05, 4.69) is 20.3 Å². The maximum atomic E-state index is 12.9. The highest BCUT2D eigenvalue weighted by molar-refractivity contribution is 5.95. The van der Waals surface area contributed by atoms with Gasteiger partial charge in [0.15, 0.2) is 0 Å². The molecule has 8 heteroatoms. The van der Waals surface area contributed by atoms with Crippen LogP contribution < -0.4 is 5.56 Å². The van der Waals surface area contributed by atoms with Crippen molar-refractivity contribution in [3.63, 3.8) is 0 Å². The van der Waals surface area contributed by atoms with Crippen LogP contribution in [-0.4, -0.2) is 42.8 Å². The van der Waals surface area contributed by atoms with Gasteiger partial charge in [-0.3, -0.25) is 9.59 Å². The van der Waals surface area contributed by atoms with Gasteiger partial charge in [0.05, 0.1) is 17.4 Å². The molecule has 0 spiro atoms. The van der Waals surface area contributed by atoms with E-state index in [1.54, 1.807) is 36.8 Å². The second-order valence-corrected chi connectivity index (χ2v) is 6.16. The van der Waals surface area contributed by atoms with E-state index >= 15 is 0 Å². The topological polar surface area (TPSA) is 96.8 Å². The van der Waals surface area contributed by atoms with Crippen LogP contribution in [0, 0.1) is 13.8 Å². The Morgan fingerprint density at radius 1 is 1.23 bits per heavy atom. The molecule has 26 heavy (non-hydrogen) atoms. The first kappa shape index (κ1) is 17.5. The van der Waals surface area contributed by atoms with Gasteiger partial charge in [-0.05, 0) is 44.0 Å². The third-order valence-electron chi connectivity index (χ3n) is 4.64. The Bertz CT molecular complexity index is 976. The summed E-state index contributed by atoms with van der Waals surface area (Å²) in [5.41, 5.74) is 2.71. The van der Waals surface area contributed by atoms with E-state index in [4.69, 9.17) is 0 Å². The fourth-order valence-electron chi connectivity index (χ4n) is 2.71. The van der Waals surface area contributed by atoms with Crippen LogP contribution in [0.25, 0.3) is 5.69 Å². The van der Waals surface area contributed by atoms with Gasteiger partial charge in [-0.1, -0.05) is 12.1 Å². The molecule has 2 aromatic heterocycles. The minimum absolute atomic E-state index is 0.131. The fourth-order valence-corrected chi connectivity index (χ4v) is 2.71. The van der Waals surface area contributed by atoms with Crippen molar-refractivity contribution in [1.29, 1.82) is 0 Å². The number of aromatic amines is 1. The number of aryl methyl sites for hydroxylation is 1. The molecule has 3 aromatic rings. The summed E-state index contributed by atoms with van der Waals surface area (Å²) in [6.45, 7) is 5.41. The summed E-state index contributed by atoms with van der Waals surface area (Å²) in [7, 11) is 1.69. The van der Waals surface area contributed by atoms with E-state index in [0.29, 0.717) is 11.3 Å². The van der Waals surface area contributed by atoms with Crippen molar-refractivity contribution in [2.75, 3.05) is 7.05 Å². The quantitative estimate of drug-likeness (QED) is 0.772. The second-order valence-electron chi connectivity index (χ2n) is 6.16. The average molecular weight is 352 g/mol. The third-order valence-corrected chi connectivity index (χ3v) is 4.64. The molecule has 0 saturated heterocycles. The first-order valence-electron chi connectivity index (χ1n) is 8.18. The van der Waals surface area contributed by atoms with Crippen molar-refractivity contribution in [3.05, 3.63) is 69.7 Å². The molecule has 0 bridgehead atoms. The number of nitrogens with one attached hydrogen (secondary N) is 1. The number of hydrogen-bond acceptors (Lipinski definition) is 5. The second kappa shape index (κ2) is 6.91. The van der Waals surface area contributed by atoms with Gasteiger partial charge in [0.25, 0.3) is 11.5 Å². The molecule has 1 N–H and O–H groups in total. The molecule has 2 heterocycles. The fraction of sp³-hybridized carbons (Fsp3) is 0.278. The minimum atomic E-state index is -0.473. The lowest BCUT2D eigenvalue weighted by Gasteiger charge is -2.26.